The maximum absolute atomic E-state index is 11.0. The molecule has 0 aliphatic heterocycles. The minimum atomic E-state index is -4.60. The molecule has 0 aromatic heterocycles. The summed E-state index contributed by atoms with van der Waals surface area (Å²) in [5, 5.41) is 26.5. The topological polar surface area (TPSA) is 127 Å². The molecule has 0 radical (unpaired) electrons. The number of phosphoric acid groups is 1. The van der Waals surface area contributed by atoms with Crippen LogP contribution in [-0.4, -0.2) is 63.4 Å². The molecule has 0 fully saturated rings. The van der Waals surface area contributed by atoms with E-state index >= 15 is 0 Å². The number of hydrogen-bond acceptors (Lipinski definition) is 5. The lowest BCUT2D eigenvalue weighted by Crippen LogP contribution is -2.14. The summed E-state index contributed by atoms with van der Waals surface area (Å²) < 4.78 is 16.0. The van der Waals surface area contributed by atoms with Crippen LogP contribution in [0, 0.1) is 0 Å². The van der Waals surface area contributed by atoms with Gasteiger partial charge in [-0.2, -0.15) is 0 Å². The Morgan fingerprint density at radius 3 is 1.39 bits per heavy atom. The maximum Gasteiger partial charge on any atom is 0.503 e. The standard InChI is InChI=1S/C9H22O7P2/c10-4-1-7-17(8-2-5-11,9-3-6-12)16-18(13,14)15/h10-12H,1-9H2,(H-,13,14,15)/p+1. The Kier molecular flexibility index (Phi) is 9.56. The third-order valence-corrected chi connectivity index (χ3v) is 8.08. The Balaban J connectivity index is 4.78. The van der Waals surface area contributed by atoms with Crippen LogP contribution < -0.4 is 0 Å². The number of aliphatic hydroxyl groups excluding tert-OH is 3. The van der Waals surface area contributed by atoms with Crippen molar-refractivity contribution >= 4 is 15.3 Å². The van der Waals surface area contributed by atoms with Gasteiger partial charge in [0.05, 0.1) is 18.5 Å². The maximum atomic E-state index is 11.0. The van der Waals surface area contributed by atoms with Gasteiger partial charge in [-0.3, -0.25) is 0 Å². The molecular weight excluding hydrogens is 282 g/mol. The van der Waals surface area contributed by atoms with Crippen molar-refractivity contribution in [3.8, 4) is 0 Å². The Hall–Kier alpha value is 0.420. The summed E-state index contributed by atoms with van der Waals surface area (Å²) in [5.74, 6) is 0. The second kappa shape index (κ2) is 9.34. The number of aliphatic hydroxyl groups is 3. The van der Waals surface area contributed by atoms with Gasteiger partial charge in [0, 0.05) is 39.1 Å². The largest absolute Gasteiger partial charge is 0.503 e. The average Bonchev–Trinajstić information content (AvgIpc) is 2.29. The molecule has 5 N–H and O–H groups in total. The van der Waals surface area contributed by atoms with Crippen LogP contribution in [0.1, 0.15) is 19.3 Å². The number of hydrogen-bond donors (Lipinski definition) is 5. The van der Waals surface area contributed by atoms with Gasteiger partial charge in [0.2, 0.25) is 0 Å². The lowest BCUT2D eigenvalue weighted by atomic mass is 10.5. The molecule has 0 unspecified atom stereocenters. The Morgan fingerprint density at radius 1 is 0.833 bits per heavy atom. The van der Waals surface area contributed by atoms with Crippen molar-refractivity contribution in [3.63, 3.8) is 0 Å². The van der Waals surface area contributed by atoms with Crippen molar-refractivity contribution in [3.05, 3.63) is 0 Å². The molecule has 0 aromatic carbocycles. The minimum absolute atomic E-state index is 0.0789. The SMILES string of the molecule is O=P(O)(O)O[P+](CCCO)(CCCO)CCCO. The second-order valence-corrected chi connectivity index (χ2v) is 9.12. The first-order chi connectivity index (χ1) is 8.39. The van der Waals surface area contributed by atoms with E-state index in [1.165, 1.54) is 0 Å². The van der Waals surface area contributed by atoms with E-state index in [9.17, 15) is 4.57 Å². The van der Waals surface area contributed by atoms with Crippen molar-refractivity contribution in [2.75, 3.05) is 38.3 Å². The normalized spacial score (nSPS) is 12.9. The quantitative estimate of drug-likeness (QED) is 0.344. The highest BCUT2D eigenvalue weighted by molar-refractivity contribution is 7.76. The highest BCUT2D eigenvalue weighted by atomic mass is 31.3. The van der Waals surface area contributed by atoms with Gasteiger partial charge in [0.25, 0.3) is 0 Å². The lowest BCUT2D eigenvalue weighted by molar-refractivity contribution is 0.274. The highest BCUT2D eigenvalue weighted by Gasteiger charge is 2.44. The fourth-order valence-electron chi connectivity index (χ4n) is 1.76. The third-order valence-electron chi connectivity index (χ3n) is 2.45. The minimum Gasteiger partial charge on any atom is -0.396 e. The van der Waals surface area contributed by atoms with Crippen molar-refractivity contribution in [1.82, 2.24) is 0 Å². The van der Waals surface area contributed by atoms with E-state index in [0.29, 0.717) is 37.7 Å². The van der Waals surface area contributed by atoms with Crippen molar-refractivity contribution in [1.29, 1.82) is 0 Å². The molecule has 0 aliphatic rings. The average molecular weight is 305 g/mol. The summed E-state index contributed by atoms with van der Waals surface area (Å²) in [6, 6.07) is 0. The van der Waals surface area contributed by atoms with Gasteiger partial charge in [-0.1, -0.05) is 0 Å². The van der Waals surface area contributed by atoms with Gasteiger partial charge >= 0.3 is 7.82 Å². The predicted octanol–water partition coefficient (Wildman–Crippen LogP) is 0.175. The summed E-state index contributed by atoms with van der Waals surface area (Å²) >= 11 is 0. The zero-order valence-corrected chi connectivity index (χ0v) is 12.1. The van der Waals surface area contributed by atoms with E-state index in [-0.39, 0.29) is 19.8 Å². The molecule has 0 saturated carbocycles. The summed E-state index contributed by atoms with van der Waals surface area (Å²) in [4.78, 5) is 18.0. The van der Waals surface area contributed by atoms with E-state index in [1.54, 1.807) is 0 Å². The van der Waals surface area contributed by atoms with Gasteiger partial charge in [-0.25, -0.2) is 4.57 Å². The van der Waals surface area contributed by atoms with Crippen LogP contribution in [0.2, 0.25) is 0 Å². The van der Waals surface area contributed by atoms with E-state index in [0.717, 1.165) is 0 Å². The van der Waals surface area contributed by atoms with Crippen LogP contribution >= 0.6 is 15.3 Å². The molecule has 110 valence electrons. The monoisotopic (exact) mass is 305 g/mol. The van der Waals surface area contributed by atoms with Gasteiger partial charge in [0.1, 0.15) is 0 Å². The van der Waals surface area contributed by atoms with E-state index in [2.05, 4.69) is 0 Å². The zero-order chi connectivity index (χ0) is 14.1. The molecule has 0 atom stereocenters. The Labute approximate surface area is 107 Å². The van der Waals surface area contributed by atoms with Crippen LogP contribution in [0.15, 0.2) is 0 Å². The second-order valence-electron chi connectivity index (χ2n) is 4.03. The van der Waals surface area contributed by atoms with Crippen molar-refractivity contribution in [2.45, 2.75) is 19.3 Å². The Morgan fingerprint density at radius 2 is 1.17 bits per heavy atom. The van der Waals surface area contributed by atoms with Crippen LogP contribution in [-0.2, 0) is 8.88 Å². The first kappa shape index (κ1) is 18.4. The molecule has 0 aliphatic carbocycles. The third kappa shape index (κ3) is 8.51. The molecule has 0 rings (SSSR count). The van der Waals surface area contributed by atoms with Crippen molar-refractivity contribution < 1.29 is 34.0 Å². The summed E-state index contributed by atoms with van der Waals surface area (Å²) in [6.07, 6.45) is 2.33. The predicted molar refractivity (Wildman–Crippen MR) is 69.8 cm³/mol. The molecule has 0 spiro atoms. The molecule has 18 heavy (non-hydrogen) atoms. The molecule has 0 heterocycles. The molecule has 0 bridgehead atoms. The smallest absolute Gasteiger partial charge is 0.396 e. The van der Waals surface area contributed by atoms with E-state index in [4.69, 9.17) is 29.4 Å². The first-order valence-corrected chi connectivity index (χ1v) is 9.64. The summed E-state index contributed by atoms with van der Waals surface area (Å²) in [5.41, 5.74) is 0. The summed E-state index contributed by atoms with van der Waals surface area (Å²) in [7, 11) is -7.01. The fourth-order valence-corrected chi connectivity index (χ4v) is 7.37. The summed E-state index contributed by atoms with van der Waals surface area (Å²) in [6.45, 7) is -0.237. The van der Waals surface area contributed by atoms with Gasteiger partial charge in [-0.15, -0.1) is 4.31 Å². The molecule has 7 nitrogen and oxygen atoms in total. The van der Waals surface area contributed by atoms with Crippen LogP contribution in [0.25, 0.3) is 0 Å². The van der Waals surface area contributed by atoms with E-state index in [1.807, 2.05) is 0 Å². The molecule has 0 saturated heterocycles. The van der Waals surface area contributed by atoms with E-state index < -0.39 is 15.3 Å². The van der Waals surface area contributed by atoms with Crippen LogP contribution in [0.3, 0.4) is 0 Å². The van der Waals surface area contributed by atoms with Gasteiger partial charge in [0.15, 0.2) is 7.49 Å². The zero-order valence-electron chi connectivity index (χ0n) is 10.3. The molecule has 0 aromatic rings. The first-order valence-electron chi connectivity index (χ1n) is 5.85. The van der Waals surface area contributed by atoms with Crippen LogP contribution in [0.5, 0.6) is 0 Å². The van der Waals surface area contributed by atoms with Gasteiger partial charge < -0.3 is 25.1 Å². The Bertz CT molecular complexity index is 234. The fraction of sp³-hybridized carbons (Fsp3) is 1.00. The lowest BCUT2D eigenvalue weighted by Gasteiger charge is -2.25. The van der Waals surface area contributed by atoms with Crippen molar-refractivity contribution in [2.24, 2.45) is 0 Å². The molecular formula is C9H23O7P2+. The highest BCUT2D eigenvalue weighted by Crippen LogP contribution is 2.69. The molecule has 9 heteroatoms. The number of rotatable bonds is 11. The van der Waals surface area contributed by atoms with Gasteiger partial charge in [-0.05, 0) is 0 Å². The van der Waals surface area contributed by atoms with Crippen LogP contribution in [0.4, 0.5) is 0 Å². The molecule has 0 amide bonds.